The lowest BCUT2D eigenvalue weighted by atomic mass is 9.95. The Balaban J connectivity index is 2.30. The van der Waals surface area contributed by atoms with Crippen LogP contribution in [0.2, 0.25) is 0 Å². The van der Waals surface area contributed by atoms with E-state index in [1.54, 1.807) is 7.11 Å². The summed E-state index contributed by atoms with van der Waals surface area (Å²) in [5.41, 5.74) is 2.60. The van der Waals surface area contributed by atoms with Gasteiger partial charge in [0.05, 0.1) is 6.10 Å². The predicted octanol–water partition coefficient (Wildman–Crippen LogP) is 7.82. The lowest BCUT2D eigenvalue weighted by molar-refractivity contribution is -0.0424. The maximum Gasteiger partial charge on any atom is 0.108 e. The maximum atomic E-state index is 5.81. The van der Waals surface area contributed by atoms with E-state index in [4.69, 9.17) is 9.47 Å². The largest absolute Gasteiger partial charge is 0.378 e. The van der Waals surface area contributed by atoms with Crippen molar-refractivity contribution in [3.63, 3.8) is 0 Å². The number of hydrogen-bond donors (Lipinski definition) is 0. The molecule has 2 heteroatoms. The van der Waals surface area contributed by atoms with Crippen molar-refractivity contribution in [3.8, 4) is 0 Å². The quantitative estimate of drug-likeness (QED) is 0.274. The highest BCUT2D eigenvalue weighted by Gasteiger charge is 2.22. The number of rotatable bonds is 16. The number of methoxy groups -OCH3 is 2. The summed E-state index contributed by atoms with van der Waals surface area (Å²) in [6, 6.07) is 8.85. The van der Waals surface area contributed by atoms with Crippen LogP contribution < -0.4 is 0 Å². The summed E-state index contributed by atoms with van der Waals surface area (Å²) in [5, 5.41) is 0. The van der Waals surface area contributed by atoms with Crippen LogP contribution in [0.15, 0.2) is 24.3 Å². The Kier molecular flexibility index (Phi) is 13.5. The number of hydrogen-bond acceptors (Lipinski definition) is 2. The van der Waals surface area contributed by atoms with Crippen LogP contribution in [0, 0.1) is 0 Å². The van der Waals surface area contributed by atoms with Gasteiger partial charge in [0.2, 0.25) is 0 Å². The average Bonchev–Trinajstić information content (AvgIpc) is 2.68. The molecule has 0 spiro atoms. The second-order valence-corrected chi connectivity index (χ2v) is 8.22. The summed E-state index contributed by atoms with van der Waals surface area (Å²) < 4.78 is 11.6. The van der Waals surface area contributed by atoms with Gasteiger partial charge in [-0.05, 0) is 23.5 Å². The fraction of sp³-hybridized carbons (Fsp3) is 0.760. The SMILES string of the molecule is CCCCCCCCCCCCC(OC)C(OC)c1ccc(C(C)C)cc1. The van der Waals surface area contributed by atoms with Crippen LogP contribution in [0.5, 0.6) is 0 Å². The number of benzene rings is 1. The molecule has 0 heterocycles. The smallest absolute Gasteiger partial charge is 0.108 e. The Morgan fingerprint density at radius 3 is 1.59 bits per heavy atom. The summed E-state index contributed by atoms with van der Waals surface area (Å²) in [7, 11) is 3.61. The molecule has 1 rings (SSSR count). The molecule has 2 nitrogen and oxygen atoms in total. The van der Waals surface area contributed by atoms with Gasteiger partial charge in [-0.25, -0.2) is 0 Å². The molecule has 0 aliphatic heterocycles. The van der Waals surface area contributed by atoms with Crippen molar-refractivity contribution in [1.82, 2.24) is 0 Å². The third kappa shape index (κ3) is 9.76. The molecular formula is C25H44O2. The highest BCUT2D eigenvalue weighted by atomic mass is 16.5. The third-order valence-corrected chi connectivity index (χ3v) is 5.67. The van der Waals surface area contributed by atoms with Gasteiger partial charge in [0.1, 0.15) is 6.10 Å². The van der Waals surface area contributed by atoms with Gasteiger partial charge in [-0.1, -0.05) is 109 Å². The molecule has 0 saturated heterocycles. The molecule has 0 amide bonds. The van der Waals surface area contributed by atoms with Crippen LogP contribution in [-0.2, 0) is 9.47 Å². The Labute approximate surface area is 169 Å². The molecule has 1 aromatic rings. The molecule has 0 aliphatic rings. The van der Waals surface area contributed by atoms with Gasteiger partial charge in [-0.15, -0.1) is 0 Å². The molecule has 2 unspecified atom stereocenters. The van der Waals surface area contributed by atoms with Gasteiger partial charge in [0, 0.05) is 14.2 Å². The van der Waals surface area contributed by atoms with Crippen molar-refractivity contribution in [3.05, 3.63) is 35.4 Å². The highest BCUT2D eigenvalue weighted by molar-refractivity contribution is 5.26. The van der Waals surface area contributed by atoms with Gasteiger partial charge in [0.25, 0.3) is 0 Å². The molecule has 0 radical (unpaired) electrons. The minimum absolute atomic E-state index is 0.0229. The van der Waals surface area contributed by atoms with Crippen molar-refractivity contribution in [2.45, 2.75) is 110 Å². The second-order valence-electron chi connectivity index (χ2n) is 8.22. The summed E-state index contributed by atoms with van der Waals surface area (Å²) in [5.74, 6) is 0.560. The first-order valence-electron chi connectivity index (χ1n) is 11.3. The Bertz CT molecular complexity index is 452. The summed E-state index contributed by atoms with van der Waals surface area (Å²) in [6.07, 6.45) is 14.9. The van der Waals surface area contributed by atoms with Crippen molar-refractivity contribution < 1.29 is 9.47 Å². The Hall–Kier alpha value is -0.860. The first-order chi connectivity index (χ1) is 13.1. The van der Waals surface area contributed by atoms with Crippen molar-refractivity contribution in [2.24, 2.45) is 0 Å². The minimum atomic E-state index is 0.0229. The number of ether oxygens (including phenoxy) is 2. The summed E-state index contributed by atoms with van der Waals surface area (Å²) in [4.78, 5) is 0. The van der Waals surface area contributed by atoms with Gasteiger partial charge in [0.15, 0.2) is 0 Å². The van der Waals surface area contributed by atoms with Crippen LogP contribution in [0.25, 0.3) is 0 Å². The van der Waals surface area contributed by atoms with Crippen LogP contribution in [0.4, 0.5) is 0 Å². The van der Waals surface area contributed by atoms with E-state index in [1.807, 2.05) is 7.11 Å². The van der Waals surface area contributed by atoms with E-state index >= 15 is 0 Å². The van der Waals surface area contributed by atoms with E-state index in [-0.39, 0.29) is 12.2 Å². The Morgan fingerprint density at radius 1 is 0.667 bits per heavy atom. The molecule has 1 aromatic carbocycles. The van der Waals surface area contributed by atoms with Crippen LogP contribution in [0.1, 0.15) is 115 Å². The molecule has 0 fully saturated rings. The molecule has 2 atom stereocenters. The zero-order valence-electron chi connectivity index (χ0n) is 18.6. The molecular weight excluding hydrogens is 332 g/mol. The van der Waals surface area contributed by atoms with Gasteiger partial charge < -0.3 is 9.47 Å². The molecule has 0 aliphatic carbocycles. The molecule has 0 saturated carbocycles. The van der Waals surface area contributed by atoms with E-state index < -0.39 is 0 Å². The summed E-state index contributed by atoms with van der Waals surface area (Å²) in [6.45, 7) is 6.74. The van der Waals surface area contributed by atoms with Crippen molar-refractivity contribution in [2.75, 3.05) is 14.2 Å². The summed E-state index contributed by atoms with van der Waals surface area (Å²) >= 11 is 0. The molecule has 0 aromatic heterocycles. The average molecular weight is 377 g/mol. The van der Waals surface area contributed by atoms with Crippen LogP contribution in [0.3, 0.4) is 0 Å². The topological polar surface area (TPSA) is 18.5 Å². The zero-order chi connectivity index (χ0) is 19.9. The van der Waals surface area contributed by atoms with E-state index in [0.717, 1.165) is 6.42 Å². The third-order valence-electron chi connectivity index (χ3n) is 5.67. The van der Waals surface area contributed by atoms with Crippen LogP contribution in [-0.4, -0.2) is 20.3 Å². The minimum Gasteiger partial charge on any atom is -0.378 e. The monoisotopic (exact) mass is 376 g/mol. The van der Waals surface area contributed by atoms with Crippen molar-refractivity contribution >= 4 is 0 Å². The Morgan fingerprint density at radius 2 is 1.15 bits per heavy atom. The molecule has 27 heavy (non-hydrogen) atoms. The molecule has 156 valence electrons. The van der Waals surface area contributed by atoms with E-state index in [2.05, 4.69) is 45.0 Å². The normalized spacial score (nSPS) is 13.9. The van der Waals surface area contributed by atoms with Crippen molar-refractivity contribution in [1.29, 1.82) is 0 Å². The fourth-order valence-corrected chi connectivity index (χ4v) is 3.80. The van der Waals surface area contributed by atoms with Crippen LogP contribution >= 0.6 is 0 Å². The molecule has 0 N–H and O–H groups in total. The lowest BCUT2D eigenvalue weighted by Crippen LogP contribution is -2.22. The van der Waals surface area contributed by atoms with Gasteiger partial charge >= 0.3 is 0 Å². The first kappa shape index (κ1) is 24.2. The highest BCUT2D eigenvalue weighted by Crippen LogP contribution is 2.28. The maximum absolute atomic E-state index is 5.81. The van der Waals surface area contributed by atoms with Gasteiger partial charge in [-0.3, -0.25) is 0 Å². The predicted molar refractivity (Wildman–Crippen MR) is 118 cm³/mol. The lowest BCUT2D eigenvalue weighted by Gasteiger charge is -2.25. The van der Waals surface area contributed by atoms with Gasteiger partial charge in [-0.2, -0.15) is 0 Å². The number of unbranched alkanes of at least 4 members (excludes halogenated alkanes) is 9. The standard InChI is InChI=1S/C25H44O2/c1-6-7-8-9-10-11-12-13-14-15-16-24(26-4)25(27-5)23-19-17-22(18-20-23)21(2)3/h17-21,24-25H,6-16H2,1-5H3. The zero-order valence-corrected chi connectivity index (χ0v) is 18.6. The van der Waals surface area contributed by atoms with E-state index in [1.165, 1.54) is 75.3 Å². The van der Waals surface area contributed by atoms with E-state index in [0.29, 0.717) is 5.92 Å². The van der Waals surface area contributed by atoms with E-state index in [9.17, 15) is 0 Å². The molecule has 0 bridgehead atoms. The second kappa shape index (κ2) is 15.1. The first-order valence-corrected chi connectivity index (χ1v) is 11.3. The fourth-order valence-electron chi connectivity index (χ4n) is 3.80.